The van der Waals surface area contributed by atoms with Crippen molar-refractivity contribution in [1.82, 2.24) is 24.6 Å². The highest BCUT2D eigenvalue weighted by Crippen LogP contribution is 2.35. The summed E-state index contributed by atoms with van der Waals surface area (Å²) < 4.78 is 1.90. The lowest BCUT2D eigenvalue weighted by molar-refractivity contribution is -0.129. The summed E-state index contributed by atoms with van der Waals surface area (Å²) in [7, 11) is 0. The van der Waals surface area contributed by atoms with E-state index < -0.39 is 0 Å². The molecule has 2 aromatic heterocycles. The highest BCUT2D eigenvalue weighted by Gasteiger charge is 2.31. The van der Waals surface area contributed by atoms with Crippen molar-refractivity contribution < 1.29 is 4.79 Å². The molecule has 1 amide bonds. The Hall–Kier alpha value is -2.24. The van der Waals surface area contributed by atoms with E-state index in [9.17, 15) is 4.79 Å². The number of carbonyl (C=O) groups is 1. The number of hydrogen-bond donors (Lipinski definition) is 0. The Morgan fingerprint density at radius 1 is 1.33 bits per heavy atom. The topological polar surface area (TPSA) is 63.9 Å². The standard InChI is InChI=1S/C15H19N5O/c1-3-20-13(6-7-18-20)15-14(16-8-9-17-15)12-5-4-10-19(12)11(2)21/h6-9,12H,3-5,10H2,1-2H3/t12-/m0/s1. The molecule has 1 atom stereocenters. The van der Waals surface area contributed by atoms with Gasteiger partial charge < -0.3 is 4.90 Å². The summed E-state index contributed by atoms with van der Waals surface area (Å²) in [6, 6.07) is 1.97. The van der Waals surface area contributed by atoms with Crippen molar-refractivity contribution in [1.29, 1.82) is 0 Å². The number of rotatable bonds is 3. The molecule has 0 bridgehead atoms. The van der Waals surface area contributed by atoms with Gasteiger partial charge in [0.2, 0.25) is 5.91 Å². The van der Waals surface area contributed by atoms with Gasteiger partial charge in [-0.25, -0.2) is 0 Å². The third-order valence-electron chi connectivity index (χ3n) is 3.96. The van der Waals surface area contributed by atoms with E-state index in [0.717, 1.165) is 43.0 Å². The summed E-state index contributed by atoms with van der Waals surface area (Å²) in [5.74, 6) is 0.0955. The van der Waals surface area contributed by atoms with Crippen LogP contribution < -0.4 is 0 Å². The fourth-order valence-corrected chi connectivity index (χ4v) is 3.00. The first-order valence-corrected chi connectivity index (χ1v) is 7.32. The summed E-state index contributed by atoms with van der Waals surface area (Å²) in [5, 5.41) is 4.30. The number of amides is 1. The smallest absolute Gasteiger partial charge is 0.220 e. The van der Waals surface area contributed by atoms with Crippen LogP contribution in [0, 0.1) is 0 Å². The van der Waals surface area contributed by atoms with Crippen LogP contribution in [0.5, 0.6) is 0 Å². The molecule has 1 fully saturated rings. The molecule has 21 heavy (non-hydrogen) atoms. The second kappa shape index (κ2) is 5.63. The molecule has 0 unspecified atom stereocenters. The summed E-state index contributed by atoms with van der Waals surface area (Å²) in [6.45, 7) is 5.23. The zero-order valence-corrected chi connectivity index (χ0v) is 12.4. The van der Waals surface area contributed by atoms with Gasteiger partial charge in [0.15, 0.2) is 0 Å². The van der Waals surface area contributed by atoms with Crippen LogP contribution in [0.15, 0.2) is 24.7 Å². The molecule has 0 radical (unpaired) electrons. The monoisotopic (exact) mass is 285 g/mol. The second-order valence-electron chi connectivity index (χ2n) is 5.19. The van der Waals surface area contributed by atoms with Gasteiger partial charge in [0.05, 0.1) is 17.4 Å². The van der Waals surface area contributed by atoms with Gasteiger partial charge in [-0.3, -0.25) is 19.4 Å². The summed E-state index contributed by atoms with van der Waals surface area (Å²) in [4.78, 5) is 22.7. The molecule has 1 aliphatic heterocycles. The average molecular weight is 285 g/mol. The molecule has 2 aromatic rings. The Labute approximate surface area is 123 Å². The molecule has 0 saturated carbocycles. The Balaban J connectivity index is 2.06. The van der Waals surface area contributed by atoms with Crippen LogP contribution in [-0.2, 0) is 11.3 Å². The van der Waals surface area contributed by atoms with Crippen LogP contribution >= 0.6 is 0 Å². The Bertz CT molecular complexity index is 651. The first-order valence-electron chi connectivity index (χ1n) is 7.32. The van der Waals surface area contributed by atoms with Gasteiger partial charge in [-0.05, 0) is 25.8 Å². The Kier molecular flexibility index (Phi) is 3.68. The van der Waals surface area contributed by atoms with E-state index in [1.54, 1.807) is 25.5 Å². The lowest BCUT2D eigenvalue weighted by Crippen LogP contribution is -2.29. The highest BCUT2D eigenvalue weighted by molar-refractivity contribution is 5.74. The lowest BCUT2D eigenvalue weighted by Gasteiger charge is -2.24. The summed E-state index contributed by atoms with van der Waals surface area (Å²) in [6.07, 6.45) is 7.11. The van der Waals surface area contributed by atoms with Crippen molar-refractivity contribution in [3.63, 3.8) is 0 Å². The molecule has 1 saturated heterocycles. The molecule has 3 heterocycles. The van der Waals surface area contributed by atoms with Crippen LogP contribution in [0.25, 0.3) is 11.4 Å². The zero-order valence-electron chi connectivity index (χ0n) is 12.4. The number of hydrogen-bond acceptors (Lipinski definition) is 4. The summed E-state index contributed by atoms with van der Waals surface area (Å²) in [5.41, 5.74) is 2.66. The van der Waals surface area contributed by atoms with Crippen molar-refractivity contribution in [2.24, 2.45) is 0 Å². The van der Waals surface area contributed by atoms with Gasteiger partial charge in [-0.2, -0.15) is 5.10 Å². The van der Waals surface area contributed by atoms with E-state index in [0.29, 0.717) is 0 Å². The van der Waals surface area contributed by atoms with E-state index in [4.69, 9.17) is 0 Å². The quantitative estimate of drug-likeness (QED) is 0.865. The fraction of sp³-hybridized carbons (Fsp3) is 0.467. The van der Waals surface area contributed by atoms with E-state index in [1.807, 2.05) is 22.6 Å². The molecule has 0 aliphatic carbocycles. The lowest BCUT2D eigenvalue weighted by atomic mass is 10.1. The molecule has 0 N–H and O–H groups in total. The number of nitrogens with zero attached hydrogens (tertiary/aromatic N) is 5. The third kappa shape index (κ3) is 2.41. The second-order valence-corrected chi connectivity index (χ2v) is 5.19. The average Bonchev–Trinajstić information content (AvgIpc) is 3.16. The van der Waals surface area contributed by atoms with Crippen molar-refractivity contribution in [3.05, 3.63) is 30.4 Å². The van der Waals surface area contributed by atoms with Gasteiger partial charge in [0, 0.05) is 38.6 Å². The number of aryl methyl sites for hydroxylation is 1. The maximum absolute atomic E-state index is 11.8. The fourth-order valence-electron chi connectivity index (χ4n) is 3.00. The number of carbonyl (C=O) groups excluding carboxylic acids is 1. The van der Waals surface area contributed by atoms with Crippen molar-refractivity contribution in [2.45, 2.75) is 39.3 Å². The van der Waals surface area contributed by atoms with Gasteiger partial charge >= 0.3 is 0 Å². The van der Waals surface area contributed by atoms with E-state index in [-0.39, 0.29) is 11.9 Å². The molecule has 110 valence electrons. The normalized spacial score (nSPS) is 18.2. The first kappa shape index (κ1) is 13.7. The zero-order chi connectivity index (χ0) is 14.8. The third-order valence-corrected chi connectivity index (χ3v) is 3.96. The van der Waals surface area contributed by atoms with Crippen LogP contribution in [0.4, 0.5) is 0 Å². The maximum atomic E-state index is 11.8. The number of likely N-dealkylation sites (tertiary alicyclic amines) is 1. The molecular weight excluding hydrogens is 266 g/mol. The minimum absolute atomic E-state index is 0.0198. The predicted octanol–water partition coefficient (Wildman–Crippen LogP) is 2.04. The Morgan fingerprint density at radius 3 is 2.90 bits per heavy atom. The first-order chi connectivity index (χ1) is 10.2. The largest absolute Gasteiger partial charge is 0.334 e. The molecule has 1 aliphatic rings. The van der Waals surface area contributed by atoms with E-state index in [1.165, 1.54) is 0 Å². The van der Waals surface area contributed by atoms with Crippen LogP contribution in [-0.4, -0.2) is 37.1 Å². The molecule has 0 spiro atoms. The highest BCUT2D eigenvalue weighted by atomic mass is 16.2. The number of aromatic nitrogens is 4. The summed E-state index contributed by atoms with van der Waals surface area (Å²) >= 11 is 0. The van der Waals surface area contributed by atoms with Crippen LogP contribution in [0.1, 0.15) is 38.4 Å². The molecule has 6 heteroatoms. The molecule has 0 aromatic carbocycles. The van der Waals surface area contributed by atoms with Crippen LogP contribution in [0.3, 0.4) is 0 Å². The minimum atomic E-state index is 0.0198. The predicted molar refractivity (Wildman–Crippen MR) is 78.3 cm³/mol. The minimum Gasteiger partial charge on any atom is -0.334 e. The molecular formula is C15H19N5O. The maximum Gasteiger partial charge on any atom is 0.220 e. The van der Waals surface area contributed by atoms with Crippen LogP contribution in [0.2, 0.25) is 0 Å². The Morgan fingerprint density at radius 2 is 2.14 bits per heavy atom. The molecule has 6 nitrogen and oxygen atoms in total. The SMILES string of the molecule is CCn1nccc1-c1nccnc1[C@@H]1CCCN1C(C)=O. The van der Waals surface area contributed by atoms with Gasteiger partial charge in [0.25, 0.3) is 0 Å². The van der Waals surface area contributed by atoms with Gasteiger partial charge in [0.1, 0.15) is 5.69 Å². The van der Waals surface area contributed by atoms with Crippen molar-refractivity contribution in [2.75, 3.05) is 6.54 Å². The van der Waals surface area contributed by atoms with E-state index >= 15 is 0 Å². The molecule has 3 rings (SSSR count). The van der Waals surface area contributed by atoms with Crippen molar-refractivity contribution >= 4 is 5.91 Å². The van der Waals surface area contributed by atoms with Crippen molar-refractivity contribution in [3.8, 4) is 11.4 Å². The van der Waals surface area contributed by atoms with E-state index in [2.05, 4.69) is 15.1 Å². The van der Waals surface area contributed by atoms with Gasteiger partial charge in [-0.15, -0.1) is 0 Å². The van der Waals surface area contributed by atoms with Gasteiger partial charge in [-0.1, -0.05) is 0 Å².